The maximum atomic E-state index is 12.9. The molecule has 2 atom stereocenters. The van der Waals surface area contributed by atoms with E-state index in [0.29, 0.717) is 19.4 Å². The topological polar surface area (TPSA) is 115 Å². The first-order chi connectivity index (χ1) is 12.1. The van der Waals surface area contributed by atoms with E-state index in [-0.39, 0.29) is 35.4 Å². The molecule has 1 aromatic rings. The van der Waals surface area contributed by atoms with E-state index in [1.807, 2.05) is 19.0 Å². The van der Waals surface area contributed by atoms with Gasteiger partial charge in [0.2, 0.25) is 10.0 Å². The van der Waals surface area contributed by atoms with Crippen LogP contribution in [0.5, 0.6) is 0 Å². The molecule has 0 amide bonds. The number of aromatic carboxylic acids is 1. The third kappa shape index (κ3) is 4.60. The van der Waals surface area contributed by atoms with Crippen molar-refractivity contribution >= 4 is 22.0 Å². The van der Waals surface area contributed by atoms with E-state index < -0.39 is 22.0 Å². The number of aliphatic carboxylic acids is 1. The van der Waals surface area contributed by atoms with E-state index in [0.717, 1.165) is 6.07 Å². The highest BCUT2D eigenvalue weighted by molar-refractivity contribution is 7.89. The zero-order valence-electron chi connectivity index (χ0n) is 14.8. The van der Waals surface area contributed by atoms with Crippen LogP contribution in [0.3, 0.4) is 0 Å². The molecule has 1 aliphatic rings. The fraction of sp³-hybridized carbons (Fsp3) is 0.529. The van der Waals surface area contributed by atoms with Crippen molar-refractivity contribution in [3.8, 4) is 0 Å². The SMILES string of the molecule is CN(C)[C@H]1CCN(S(=O)(=O)c2cccc(C(=O)O)c2)C[C@H]1CCC(=O)O. The fourth-order valence-corrected chi connectivity index (χ4v) is 4.97. The van der Waals surface area contributed by atoms with Gasteiger partial charge in [0, 0.05) is 25.6 Å². The van der Waals surface area contributed by atoms with E-state index in [1.54, 1.807) is 0 Å². The lowest BCUT2D eigenvalue weighted by molar-refractivity contribution is -0.137. The summed E-state index contributed by atoms with van der Waals surface area (Å²) in [6.07, 6.45) is 0.964. The van der Waals surface area contributed by atoms with Gasteiger partial charge in [-0.1, -0.05) is 6.07 Å². The Morgan fingerprint density at radius 1 is 1.27 bits per heavy atom. The molecule has 0 aromatic heterocycles. The lowest BCUT2D eigenvalue weighted by Gasteiger charge is -2.41. The molecule has 1 fully saturated rings. The van der Waals surface area contributed by atoms with E-state index in [1.165, 1.54) is 22.5 Å². The Bertz CT molecular complexity index is 777. The monoisotopic (exact) mass is 384 g/mol. The summed E-state index contributed by atoms with van der Waals surface area (Å²) in [7, 11) is -0.0312. The van der Waals surface area contributed by atoms with Gasteiger partial charge in [0.25, 0.3) is 0 Å². The standard InChI is InChI=1S/C17H24N2O6S/c1-18(2)15-8-9-19(11-13(15)6-7-16(20)21)26(24,25)14-5-3-4-12(10-14)17(22)23/h3-5,10,13,15H,6-9,11H2,1-2H3,(H,20,21)(H,22,23)/t13-,15+/m1/s1. The number of piperidine rings is 1. The van der Waals surface area contributed by atoms with Gasteiger partial charge in [-0.2, -0.15) is 4.31 Å². The van der Waals surface area contributed by atoms with Crippen molar-refractivity contribution in [2.45, 2.75) is 30.2 Å². The van der Waals surface area contributed by atoms with Crippen molar-refractivity contribution in [3.63, 3.8) is 0 Å². The summed E-state index contributed by atoms with van der Waals surface area (Å²) in [6, 6.07) is 5.39. The largest absolute Gasteiger partial charge is 0.481 e. The van der Waals surface area contributed by atoms with Gasteiger partial charge in [0.15, 0.2) is 0 Å². The molecule has 26 heavy (non-hydrogen) atoms. The number of carboxylic acids is 2. The second-order valence-corrected chi connectivity index (χ2v) is 8.65. The number of sulfonamides is 1. The van der Waals surface area contributed by atoms with Crippen molar-refractivity contribution < 1.29 is 28.2 Å². The van der Waals surface area contributed by atoms with Gasteiger partial charge in [-0.25, -0.2) is 13.2 Å². The summed E-state index contributed by atoms with van der Waals surface area (Å²) in [6.45, 7) is 0.530. The molecule has 1 aliphatic heterocycles. The number of carbonyl (C=O) groups is 2. The number of benzene rings is 1. The van der Waals surface area contributed by atoms with Crippen LogP contribution in [0.1, 0.15) is 29.6 Å². The Balaban J connectivity index is 2.25. The Kier molecular flexibility index (Phi) is 6.38. The van der Waals surface area contributed by atoms with Crippen LogP contribution in [-0.2, 0) is 14.8 Å². The molecule has 9 heteroatoms. The number of nitrogens with zero attached hydrogens (tertiary/aromatic N) is 2. The van der Waals surface area contributed by atoms with Crippen molar-refractivity contribution in [1.29, 1.82) is 0 Å². The van der Waals surface area contributed by atoms with Gasteiger partial charge in [0.05, 0.1) is 10.5 Å². The quantitative estimate of drug-likeness (QED) is 0.725. The molecule has 1 saturated heterocycles. The number of hydrogen-bond donors (Lipinski definition) is 2. The van der Waals surface area contributed by atoms with Crippen molar-refractivity contribution in [1.82, 2.24) is 9.21 Å². The molecule has 8 nitrogen and oxygen atoms in total. The van der Waals surface area contributed by atoms with Crippen LogP contribution in [0.2, 0.25) is 0 Å². The lowest BCUT2D eigenvalue weighted by atomic mass is 9.88. The van der Waals surface area contributed by atoms with Crippen LogP contribution in [0.4, 0.5) is 0 Å². The molecule has 0 bridgehead atoms. The first kappa shape index (κ1) is 20.3. The summed E-state index contributed by atoms with van der Waals surface area (Å²) in [4.78, 5) is 24.0. The molecule has 2 N–H and O–H groups in total. The van der Waals surface area contributed by atoms with Crippen LogP contribution in [-0.4, -0.2) is 73.0 Å². The minimum atomic E-state index is -3.83. The van der Waals surface area contributed by atoms with Crippen molar-refractivity contribution in [2.24, 2.45) is 5.92 Å². The molecule has 0 aliphatic carbocycles. The number of rotatable bonds is 7. The smallest absolute Gasteiger partial charge is 0.335 e. The second kappa shape index (κ2) is 8.15. The highest BCUT2D eigenvalue weighted by Crippen LogP contribution is 2.29. The molecule has 0 spiro atoms. The first-order valence-corrected chi connectivity index (χ1v) is 9.78. The Morgan fingerprint density at radius 2 is 1.96 bits per heavy atom. The van der Waals surface area contributed by atoms with Crippen LogP contribution in [0.25, 0.3) is 0 Å². The lowest BCUT2D eigenvalue weighted by Crippen LogP contribution is -2.50. The molecule has 1 aromatic carbocycles. The molecule has 0 radical (unpaired) electrons. The molecule has 2 rings (SSSR count). The maximum absolute atomic E-state index is 12.9. The first-order valence-electron chi connectivity index (χ1n) is 8.34. The van der Waals surface area contributed by atoms with Crippen molar-refractivity contribution in [3.05, 3.63) is 29.8 Å². The zero-order valence-corrected chi connectivity index (χ0v) is 15.6. The van der Waals surface area contributed by atoms with Crippen molar-refractivity contribution in [2.75, 3.05) is 27.2 Å². The molecular weight excluding hydrogens is 360 g/mol. The Hall–Kier alpha value is -1.97. The second-order valence-electron chi connectivity index (χ2n) is 6.71. The minimum Gasteiger partial charge on any atom is -0.481 e. The molecule has 0 saturated carbocycles. The van der Waals surface area contributed by atoms with Gasteiger partial charge in [-0.15, -0.1) is 0 Å². The van der Waals surface area contributed by atoms with E-state index in [4.69, 9.17) is 10.2 Å². The summed E-state index contributed by atoms with van der Waals surface area (Å²) >= 11 is 0. The number of hydrogen-bond acceptors (Lipinski definition) is 5. The average molecular weight is 384 g/mol. The van der Waals surface area contributed by atoms with Gasteiger partial charge >= 0.3 is 11.9 Å². The Labute approximate surface area is 153 Å². The van der Waals surface area contributed by atoms with Gasteiger partial charge in [0.1, 0.15) is 0 Å². The highest BCUT2D eigenvalue weighted by Gasteiger charge is 2.36. The normalized spacial score (nSPS) is 21.7. The van der Waals surface area contributed by atoms with Gasteiger partial charge in [-0.3, -0.25) is 4.79 Å². The average Bonchev–Trinajstić information content (AvgIpc) is 2.59. The third-order valence-electron chi connectivity index (χ3n) is 4.77. The molecular formula is C17H24N2O6S. The van der Waals surface area contributed by atoms with Crippen LogP contribution in [0, 0.1) is 5.92 Å². The van der Waals surface area contributed by atoms with E-state index in [9.17, 15) is 18.0 Å². The van der Waals surface area contributed by atoms with Crippen LogP contribution >= 0.6 is 0 Å². The van der Waals surface area contributed by atoms with Gasteiger partial charge < -0.3 is 15.1 Å². The Morgan fingerprint density at radius 3 is 2.54 bits per heavy atom. The van der Waals surface area contributed by atoms with Gasteiger partial charge in [-0.05, 0) is 51.1 Å². The molecule has 144 valence electrons. The van der Waals surface area contributed by atoms with Crippen LogP contribution in [0.15, 0.2) is 29.2 Å². The molecule has 0 unspecified atom stereocenters. The number of carboxylic acid groups (broad SMARTS) is 2. The summed E-state index contributed by atoms with van der Waals surface area (Å²) in [5, 5.41) is 18.0. The predicted octanol–water partition coefficient (Wildman–Crippen LogP) is 1.19. The highest BCUT2D eigenvalue weighted by atomic mass is 32.2. The third-order valence-corrected chi connectivity index (χ3v) is 6.63. The zero-order chi connectivity index (χ0) is 19.5. The summed E-state index contributed by atoms with van der Waals surface area (Å²) < 4.78 is 27.2. The predicted molar refractivity (Wildman–Crippen MR) is 94.6 cm³/mol. The fourth-order valence-electron chi connectivity index (χ4n) is 3.42. The minimum absolute atomic E-state index is 0.0165. The van der Waals surface area contributed by atoms with Crippen LogP contribution < -0.4 is 0 Å². The van der Waals surface area contributed by atoms with E-state index >= 15 is 0 Å². The molecule has 1 heterocycles. The summed E-state index contributed by atoms with van der Waals surface area (Å²) in [5.41, 5.74) is -0.0864. The maximum Gasteiger partial charge on any atom is 0.335 e. The summed E-state index contributed by atoms with van der Waals surface area (Å²) in [5.74, 6) is -2.20. The van der Waals surface area contributed by atoms with E-state index in [2.05, 4.69) is 0 Å².